The summed E-state index contributed by atoms with van der Waals surface area (Å²) in [5.74, 6) is 0. The van der Waals surface area contributed by atoms with Gasteiger partial charge in [0.2, 0.25) is 0 Å². The molecule has 0 unspecified atom stereocenters. The van der Waals surface area contributed by atoms with Gasteiger partial charge in [-0.1, -0.05) is 17.8 Å². The van der Waals surface area contributed by atoms with Crippen LogP contribution in [0, 0.1) is 6.92 Å². The van der Waals surface area contributed by atoms with Crippen molar-refractivity contribution < 1.29 is 0 Å². The molecule has 0 bridgehead atoms. The highest BCUT2D eigenvalue weighted by molar-refractivity contribution is 7.99. The van der Waals surface area contributed by atoms with Gasteiger partial charge in [-0.25, -0.2) is 4.98 Å². The predicted octanol–water partition coefficient (Wildman–Crippen LogP) is 2.46. The Bertz CT molecular complexity index is 476. The van der Waals surface area contributed by atoms with Gasteiger partial charge in [0, 0.05) is 30.0 Å². The number of benzene rings is 1. The molecule has 2 aromatic rings. The summed E-state index contributed by atoms with van der Waals surface area (Å²) >= 11 is 1.63. The maximum Gasteiger partial charge on any atom is 0.172 e. The number of aromatic nitrogens is 2. The number of imidazole rings is 1. The molecule has 3 nitrogen and oxygen atoms in total. The second kappa shape index (κ2) is 3.98. The van der Waals surface area contributed by atoms with E-state index in [1.165, 1.54) is 5.56 Å². The van der Waals surface area contributed by atoms with Crippen molar-refractivity contribution in [2.24, 2.45) is 7.05 Å². The largest absolute Gasteiger partial charge is 0.399 e. The number of anilines is 1. The molecule has 1 aromatic carbocycles. The predicted molar refractivity (Wildman–Crippen MR) is 62.9 cm³/mol. The van der Waals surface area contributed by atoms with Crippen LogP contribution in [0.3, 0.4) is 0 Å². The second-order valence-corrected chi connectivity index (χ2v) is 4.46. The number of rotatable bonds is 2. The summed E-state index contributed by atoms with van der Waals surface area (Å²) in [4.78, 5) is 5.42. The van der Waals surface area contributed by atoms with Crippen LogP contribution in [0.5, 0.6) is 0 Å². The van der Waals surface area contributed by atoms with E-state index in [0.29, 0.717) is 0 Å². The van der Waals surface area contributed by atoms with E-state index in [0.717, 1.165) is 15.7 Å². The van der Waals surface area contributed by atoms with Gasteiger partial charge in [0.05, 0.1) is 0 Å². The molecule has 0 aliphatic heterocycles. The Morgan fingerprint density at radius 1 is 1.40 bits per heavy atom. The lowest BCUT2D eigenvalue weighted by atomic mass is 10.2. The number of nitrogens with zero attached hydrogens (tertiary/aromatic N) is 2. The van der Waals surface area contributed by atoms with Crippen molar-refractivity contribution in [2.45, 2.75) is 17.0 Å². The highest BCUT2D eigenvalue weighted by atomic mass is 32.2. The minimum absolute atomic E-state index is 0.789. The summed E-state index contributed by atoms with van der Waals surface area (Å²) in [5.41, 5.74) is 7.76. The van der Waals surface area contributed by atoms with Crippen LogP contribution in [-0.4, -0.2) is 9.55 Å². The van der Waals surface area contributed by atoms with Crippen LogP contribution in [0.2, 0.25) is 0 Å². The normalized spacial score (nSPS) is 10.5. The first kappa shape index (κ1) is 10.1. The molecule has 15 heavy (non-hydrogen) atoms. The van der Waals surface area contributed by atoms with E-state index >= 15 is 0 Å². The van der Waals surface area contributed by atoms with Gasteiger partial charge in [-0.15, -0.1) is 0 Å². The van der Waals surface area contributed by atoms with Crippen LogP contribution in [0.4, 0.5) is 5.69 Å². The summed E-state index contributed by atoms with van der Waals surface area (Å²) in [6, 6.07) is 5.92. The third-order valence-electron chi connectivity index (χ3n) is 2.19. The summed E-state index contributed by atoms with van der Waals surface area (Å²) in [7, 11) is 1.98. The smallest absolute Gasteiger partial charge is 0.172 e. The van der Waals surface area contributed by atoms with E-state index in [9.17, 15) is 0 Å². The second-order valence-electron chi connectivity index (χ2n) is 3.45. The zero-order valence-electron chi connectivity index (χ0n) is 8.77. The Morgan fingerprint density at radius 3 is 2.87 bits per heavy atom. The zero-order chi connectivity index (χ0) is 10.8. The fraction of sp³-hybridized carbons (Fsp3) is 0.182. The highest BCUT2D eigenvalue weighted by Gasteiger charge is 2.05. The molecule has 2 rings (SSSR count). The first-order valence-electron chi connectivity index (χ1n) is 4.68. The summed E-state index contributed by atoms with van der Waals surface area (Å²) in [5, 5.41) is 0.976. The molecule has 1 heterocycles. The molecule has 0 aliphatic carbocycles. The van der Waals surface area contributed by atoms with Crippen molar-refractivity contribution in [2.75, 3.05) is 5.73 Å². The first-order valence-corrected chi connectivity index (χ1v) is 5.50. The van der Waals surface area contributed by atoms with E-state index in [1.54, 1.807) is 18.0 Å². The highest BCUT2D eigenvalue weighted by Crippen LogP contribution is 2.29. The lowest BCUT2D eigenvalue weighted by Crippen LogP contribution is -1.91. The molecule has 0 amide bonds. The Morgan fingerprint density at radius 2 is 2.20 bits per heavy atom. The van der Waals surface area contributed by atoms with Crippen molar-refractivity contribution in [3.05, 3.63) is 36.2 Å². The monoisotopic (exact) mass is 219 g/mol. The molecular weight excluding hydrogens is 206 g/mol. The average molecular weight is 219 g/mol. The molecular formula is C11H13N3S. The standard InChI is InChI=1S/C11H13N3S/c1-8-3-4-9(12)7-10(8)15-11-13-5-6-14(11)2/h3-7H,12H2,1-2H3. The Hall–Kier alpha value is -1.42. The number of hydrogen-bond acceptors (Lipinski definition) is 3. The molecule has 0 saturated heterocycles. The van der Waals surface area contributed by atoms with Crippen LogP contribution in [0.25, 0.3) is 0 Å². The summed E-state index contributed by atoms with van der Waals surface area (Å²) in [6.45, 7) is 2.07. The first-order chi connectivity index (χ1) is 7.16. The molecule has 0 saturated carbocycles. The lowest BCUT2D eigenvalue weighted by Gasteiger charge is -2.06. The Kier molecular flexibility index (Phi) is 2.68. The Labute approximate surface area is 93.3 Å². The van der Waals surface area contributed by atoms with E-state index in [1.807, 2.05) is 36.0 Å². The molecule has 0 aliphatic rings. The van der Waals surface area contributed by atoms with Gasteiger partial charge in [0.15, 0.2) is 5.16 Å². The maximum absolute atomic E-state index is 5.75. The molecule has 78 valence electrons. The number of aryl methyl sites for hydroxylation is 2. The van der Waals surface area contributed by atoms with Crippen LogP contribution in [0.15, 0.2) is 40.6 Å². The summed E-state index contributed by atoms with van der Waals surface area (Å²) in [6.07, 6.45) is 3.73. The SMILES string of the molecule is Cc1ccc(N)cc1Sc1nccn1C. The van der Waals surface area contributed by atoms with Crippen LogP contribution in [0.1, 0.15) is 5.56 Å². The van der Waals surface area contributed by atoms with Gasteiger partial charge in [-0.2, -0.15) is 0 Å². The average Bonchev–Trinajstić information content (AvgIpc) is 2.58. The Balaban J connectivity index is 2.32. The minimum Gasteiger partial charge on any atom is -0.399 e. The zero-order valence-corrected chi connectivity index (χ0v) is 9.58. The lowest BCUT2D eigenvalue weighted by molar-refractivity contribution is 0.790. The van der Waals surface area contributed by atoms with E-state index in [-0.39, 0.29) is 0 Å². The van der Waals surface area contributed by atoms with Crippen molar-refractivity contribution in [3.63, 3.8) is 0 Å². The fourth-order valence-electron chi connectivity index (χ4n) is 1.28. The topological polar surface area (TPSA) is 43.8 Å². The van der Waals surface area contributed by atoms with Crippen molar-refractivity contribution in [3.8, 4) is 0 Å². The maximum atomic E-state index is 5.75. The van der Waals surface area contributed by atoms with Crippen LogP contribution < -0.4 is 5.73 Å². The van der Waals surface area contributed by atoms with Crippen LogP contribution >= 0.6 is 11.8 Å². The van der Waals surface area contributed by atoms with Gasteiger partial charge in [0.1, 0.15) is 0 Å². The molecule has 4 heteroatoms. The van der Waals surface area contributed by atoms with Gasteiger partial charge < -0.3 is 10.3 Å². The van der Waals surface area contributed by atoms with Crippen LogP contribution in [-0.2, 0) is 7.05 Å². The third-order valence-corrected chi connectivity index (χ3v) is 3.43. The van der Waals surface area contributed by atoms with Crippen molar-refractivity contribution >= 4 is 17.4 Å². The third kappa shape index (κ3) is 2.15. The van der Waals surface area contributed by atoms with Gasteiger partial charge >= 0.3 is 0 Å². The van der Waals surface area contributed by atoms with Crippen molar-refractivity contribution in [1.29, 1.82) is 0 Å². The van der Waals surface area contributed by atoms with Crippen molar-refractivity contribution in [1.82, 2.24) is 9.55 Å². The number of hydrogen-bond donors (Lipinski definition) is 1. The van der Waals surface area contributed by atoms with E-state index < -0.39 is 0 Å². The number of nitrogens with two attached hydrogens (primary N) is 1. The van der Waals surface area contributed by atoms with E-state index in [2.05, 4.69) is 11.9 Å². The fourth-order valence-corrected chi connectivity index (χ4v) is 2.21. The molecule has 0 atom stereocenters. The van der Waals surface area contributed by atoms with Gasteiger partial charge in [-0.3, -0.25) is 0 Å². The minimum atomic E-state index is 0.789. The van der Waals surface area contributed by atoms with E-state index in [4.69, 9.17) is 5.73 Å². The molecule has 0 radical (unpaired) electrons. The number of nitrogen functional groups attached to an aromatic ring is 1. The molecule has 1 aromatic heterocycles. The molecule has 0 fully saturated rings. The quantitative estimate of drug-likeness (QED) is 0.789. The van der Waals surface area contributed by atoms with Gasteiger partial charge in [0.25, 0.3) is 0 Å². The molecule has 2 N–H and O–H groups in total. The van der Waals surface area contributed by atoms with Gasteiger partial charge in [-0.05, 0) is 24.6 Å². The summed E-state index contributed by atoms with van der Waals surface area (Å²) < 4.78 is 1.99. The molecule has 0 spiro atoms.